The van der Waals surface area contributed by atoms with E-state index < -0.39 is 0 Å². The zero-order chi connectivity index (χ0) is 13.8. The highest BCUT2D eigenvalue weighted by Crippen LogP contribution is 2.33. The van der Waals surface area contributed by atoms with Crippen LogP contribution in [0, 0.1) is 17.8 Å². The average molecular weight is 283 g/mol. The Kier molecular flexibility index (Phi) is 5.76. The van der Waals surface area contributed by atoms with E-state index in [0.29, 0.717) is 11.7 Å². The molecule has 2 rings (SSSR count). The summed E-state index contributed by atoms with van der Waals surface area (Å²) in [6.45, 7) is 10.3. The first-order valence-electron chi connectivity index (χ1n) is 7.96. The van der Waals surface area contributed by atoms with E-state index in [4.69, 9.17) is 0 Å². The monoisotopic (exact) mass is 283 g/mol. The molecular formula is C16H29NOS. The molecule has 1 aliphatic carbocycles. The van der Waals surface area contributed by atoms with E-state index in [2.05, 4.69) is 37.4 Å². The minimum Gasteiger partial charge on any atom is -0.301 e. The number of Topliss-reactive ketones (excluding diaryl/α,β-unsaturated/α-hetero) is 1. The second-order valence-electron chi connectivity index (χ2n) is 6.60. The van der Waals surface area contributed by atoms with Gasteiger partial charge in [0, 0.05) is 43.0 Å². The van der Waals surface area contributed by atoms with E-state index in [1.807, 2.05) is 0 Å². The van der Waals surface area contributed by atoms with Crippen LogP contribution in [0.2, 0.25) is 0 Å². The van der Waals surface area contributed by atoms with Crippen molar-refractivity contribution in [3.8, 4) is 0 Å². The average Bonchev–Trinajstić information content (AvgIpc) is 2.41. The van der Waals surface area contributed by atoms with Crippen LogP contribution in [0.3, 0.4) is 0 Å². The zero-order valence-corrected chi connectivity index (χ0v) is 13.5. The molecule has 0 aromatic carbocycles. The molecule has 3 heteroatoms. The van der Waals surface area contributed by atoms with Crippen LogP contribution in [0.5, 0.6) is 0 Å². The summed E-state index contributed by atoms with van der Waals surface area (Å²) in [5.74, 6) is 3.59. The molecule has 2 fully saturated rings. The van der Waals surface area contributed by atoms with Crippen LogP contribution in [0.25, 0.3) is 0 Å². The van der Waals surface area contributed by atoms with Crippen LogP contribution < -0.4 is 0 Å². The van der Waals surface area contributed by atoms with Crippen molar-refractivity contribution >= 4 is 17.5 Å². The van der Waals surface area contributed by atoms with Crippen molar-refractivity contribution in [1.82, 2.24) is 4.90 Å². The summed E-state index contributed by atoms with van der Waals surface area (Å²) in [6.07, 6.45) is 4.35. The summed E-state index contributed by atoms with van der Waals surface area (Å²) >= 11 is 2.11. The Labute approximate surface area is 122 Å². The molecule has 0 bridgehead atoms. The maximum absolute atomic E-state index is 12.2. The lowest BCUT2D eigenvalue weighted by atomic mass is 9.75. The fourth-order valence-electron chi connectivity index (χ4n) is 3.43. The normalized spacial score (nSPS) is 33.9. The summed E-state index contributed by atoms with van der Waals surface area (Å²) in [5.41, 5.74) is 0. The van der Waals surface area contributed by atoms with E-state index in [1.165, 1.54) is 25.3 Å². The van der Waals surface area contributed by atoms with Crippen molar-refractivity contribution in [2.45, 2.75) is 51.7 Å². The fraction of sp³-hybridized carbons (Fsp3) is 0.938. The number of ketones is 1. The maximum atomic E-state index is 12.2. The molecule has 0 N–H and O–H groups in total. The van der Waals surface area contributed by atoms with Gasteiger partial charge >= 0.3 is 0 Å². The third-order valence-electron chi connectivity index (χ3n) is 4.90. The number of hydrogen-bond donors (Lipinski definition) is 0. The van der Waals surface area contributed by atoms with Gasteiger partial charge in [0.05, 0.1) is 0 Å². The Morgan fingerprint density at radius 3 is 2.89 bits per heavy atom. The van der Waals surface area contributed by atoms with Crippen molar-refractivity contribution in [3.63, 3.8) is 0 Å². The number of carbonyl (C=O) groups is 1. The van der Waals surface area contributed by atoms with Gasteiger partial charge in [0.1, 0.15) is 5.78 Å². The number of rotatable bonds is 4. The van der Waals surface area contributed by atoms with E-state index >= 15 is 0 Å². The van der Waals surface area contributed by atoms with Crippen molar-refractivity contribution < 1.29 is 4.79 Å². The minimum absolute atomic E-state index is 0.321. The molecule has 110 valence electrons. The highest BCUT2D eigenvalue weighted by molar-refractivity contribution is 8.00. The Balaban J connectivity index is 1.87. The molecule has 1 saturated heterocycles. The van der Waals surface area contributed by atoms with Gasteiger partial charge in [-0.2, -0.15) is 11.8 Å². The highest BCUT2D eigenvalue weighted by atomic mass is 32.2. The van der Waals surface area contributed by atoms with E-state index in [0.717, 1.165) is 42.9 Å². The first-order chi connectivity index (χ1) is 9.10. The van der Waals surface area contributed by atoms with Gasteiger partial charge in [0.15, 0.2) is 0 Å². The van der Waals surface area contributed by atoms with Crippen molar-refractivity contribution in [3.05, 3.63) is 0 Å². The van der Waals surface area contributed by atoms with Crippen LogP contribution in [0.1, 0.15) is 46.5 Å². The lowest BCUT2D eigenvalue weighted by Gasteiger charge is -2.37. The highest BCUT2D eigenvalue weighted by Gasteiger charge is 2.32. The van der Waals surface area contributed by atoms with Crippen molar-refractivity contribution in [2.24, 2.45) is 17.8 Å². The molecule has 3 atom stereocenters. The zero-order valence-electron chi connectivity index (χ0n) is 12.7. The first kappa shape index (κ1) is 15.4. The molecule has 0 spiro atoms. The van der Waals surface area contributed by atoms with E-state index in [1.54, 1.807) is 0 Å². The second kappa shape index (κ2) is 7.12. The molecule has 2 nitrogen and oxygen atoms in total. The third kappa shape index (κ3) is 4.22. The molecule has 0 radical (unpaired) electrons. The van der Waals surface area contributed by atoms with Gasteiger partial charge in [-0.25, -0.2) is 0 Å². The molecule has 19 heavy (non-hydrogen) atoms. The molecule has 3 unspecified atom stereocenters. The Hall–Kier alpha value is -0.0200. The third-order valence-corrected chi connectivity index (χ3v) is 6.28. The first-order valence-corrected chi connectivity index (χ1v) is 9.01. The Morgan fingerprint density at radius 1 is 1.42 bits per heavy atom. The summed E-state index contributed by atoms with van der Waals surface area (Å²) in [5, 5.41) is 0.785. The molecule has 0 aromatic heterocycles. The lowest BCUT2D eigenvalue weighted by Crippen LogP contribution is -2.43. The van der Waals surface area contributed by atoms with Gasteiger partial charge in [-0.1, -0.05) is 20.8 Å². The van der Waals surface area contributed by atoms with Crippen molar-refractivity contribution in [2.75, 3.05) is 25.4 Å². The topological polar surface area (TPSA) is 20.3 Å². The predicted molar refractivity (Wildman–Crippen MR) is 83.7 cm³/mol. The quantitative estimate of drug-likeness (QED) is 0.788. The Bertz CT molecular complexity index is 305. The van der Waals surface area contributed by atoms with E-state index in [-0.39, 0.29) is 0 Å². The molecule has 0 amide bonds. The lowest BCUT2D eigenvalue weighted by molar-refractivity contribution is -0.126. The molecule has 1 saturated carbocycles. The fourth-order valence-corrected chi connectivity index (χ4v) is 4.68. The summed E-state index contributed by atoms with van der Waals surface area (Å²) in [6, 6.07) is 0. The number of nitrogens with zero attached hydrogens (tertiary/aromatic N) is 1. The summed E-state index contributed by atoms with van der Waals surface area (Å²) in [4.78, 5) is 14.7. The van der Waals surface area contributed by atoms with Crippen molar-refractivity contribution in [1.29, 1.82) is 0 Å². The SMILES string of the molecule is CCC1CN(CC2CC(C(C)C)CCC2=O)CCS1. The van der Waals surface area contributed by atoms with Gasteiger partial charge in [-0.05, 0) is 31.1 Å². The smallest absolute Gasteiger partial charge is 0.137 e. The molecule has 0 aromatic rings. The summed E-state index contributed by atoms with van der Waals surface area (Å²) < 4.78 is 0. The van der Waals surface area contributed by atoms with Gasteiger partial charge in [0.2, 0.25) is 0 Å². The standard InChI is InChI=1S/C16H29NOS/c1-4-15-11-17(7-8-19-15)10-14-9-13(12(2)3)5-6-16(14)18/h12-15H,4-11H2,1-3H3. The summed E-state index contributed by atoms with van der Waals surface area (Å²) in [7, 11) is 0. The van der Waals surface area contributed by atoms with Gasteiger partial charge in [-0.3, -0.25) is 4.79 Å². The van der Waals surface area contributed by atoms with Gasteiger partial charge in [0.25, 0.3) is 0 Å². The van der Waals surface area contributed by atoms with Crippen LogP contribution in [0.15, 0.2) is 0 Å². The largest absolute Gasteiger partial charge is 0.301 e. The van der Waals surface area contributed by atoms with Crippen LogP contribution >= 0.6 is 11.8 Å². The van der Waals surface area contributed by atoms with Crippen LogP contribution in [-0.2, 0) is 4.79 Å². The molecule has 1 aliphatic heterocycles. The van der Waals surface area contributed by atoms with Crippen LogP contribution in [-0.4, -0.2) is 41.3 Å². The maximum Gasteiger partial charge on any atom is 0.137 e. The number of thioether (sulfide) groups is 1. The molecule has 1 heterocycles. The Morgan fingerprint density at radius 2 is 2.21 bits per heavy atom. The van der Waals surface area contributed by atoms with Gasteiger partial charge in [-0.15, -0.1) is 0 Å². The molecule has 2 aliphatic rings. The van der Waals surface area contributed by atoms with Gasteiger partial charge < -0.3 is 4.90 Å². The second-order valence-corrected chi connectivity index (χ2v) is 8.01. The number of hydrogen-bond acceptors (Lipinski definition) is 3. The number of carbonyl (C=O) groups excluding carboxylic acids is 1. The van der Waals surface area contributed by atoms with E-state index in [9.17, 15) is 4.79 Å². The minimum atomic E-state index is 0.321. The molecular weight excluding hydrogens is 254 g/mol. The predicted octanol–water partition coefficient (Wildman–Crippen LogP) is 3.46. The van der Waals surface area contributed by atoms with Crippen LogP contribution in [0.4, 0.5) is 0 Å².